The Labute approximate surface area is 333 Å². The molecule has 0 radical (unpaired) electrons. The van der Waals surface area contributed by atoms with Crippen LogP contribution in [-0.4, -0.2) is 108 Å². The molecule has 1 atom stereocenters. The highest BCUT2D eigenvalue weighted by atomic mass is 16.2. The number of imide groups is 1. The quantitative estimate of drug-likeness (QED) is 0.156. The molecule has 3 amide bonds. The first kappa shape index (κ1) is 37.1. The van der Waals surface area contributed by atoms with Crippen molar-refractivity contribution < 1.29 is 19.2 Å². The van der Waals surface area contributed by atoms with E-state index < -0.39 is 11.5 Å². The highest BCUT2D eigenvalue weighted by molar-refractivity contribution is 6.20. The Bertz CT molecular complexity index is 2360. The van der Waals surface area contributed by atoms with Gasteiger partial charge in [0.15, 0.2) is 11.5 Å². The zero-order valence-corrected chi connectivity index (χ0v) is 33.0. The third kappa shape index (κ3) is 6.47. The van der Waals surface area contributed by atoms with Crippen molar-refractivity contribution in [2.75, 3.05) is 62.6 Å². The number of aromatic amines is 1. The molecule has 5 aliphatic rings. The van der Waals surface area contributed by atoms with E-state index in [4.69, 9.17) is 6.57 Å². The minimum atomic E-state index is -0.604. The van der Waals surface area contributed by atoms with Gasteiger partial charge in [-0.1, -0.05) is 32.9 Å². The van der Waals surface area contributed by atoms with Gasteiger partial charge in [0.2, 0.25) is 11.8 Å². The minimum absolute atomic E-state index is 0.0667. The Morgan fingerprint density at radius 1 is 0.912 bits per heavy atom. The Morgan fingerprint density at radius 2 is 1.70 bits per heavy atom. The van der Waals surface area contributed by atoms with Gasteiger partial charge in [0.25, 0.3) is 5.91 Å². The molecule has 12 nitrogen and oxygen atoms in total. The predicted octanol–water partition coefficient (Wildman–Crippen LogP) is 5.61. The molecule has 3 saturated heterocycles. The van der Waals surface area contributed by atoms with Crippen molar-refractivity contribution in [1.29, 1.82) is 0 Å². The Kier molecular flexibility index (Phi) is 9.41. The van der Waals surface area contributed by atoms with E-state index in [-0.39, 0.29) is 29.9 Å². The summed E-state index contributed by atoms with van der Waals surface area (Å²) in [5, 5.41) is 6.80. The number of fused-ring (bicyclic) bond motifs is 5. The zero-order chi connectivity index (χ0) is 39.6. The van der Waals surface area contributed by atoms with E-state index in [0.29, 0.717) is 30.3 Å². The maximum atomic E-state index is 14.1. The van der Waals surface area contributed by atoms with Gasteiger partial charge in [0, 0.05) is 116 Å². The lowest BCUT2D eigenvalue weighted by Gasteiger charge is -2.44. The van der Waals surface area contributed by atoms with Crippen molar-refractivity contribution in [3.63, 3.8) is 0 Å². The standard InChI is InChI=1S/C45H50N8O4/c1-5-27-23-34-35(45(2,3)42-40(41(34)55)33-9-6-29(46-4)24-36(33)48-42)25-38(27)52-15-12-31(13-16-52)51-20-18-50(19-21-51)17-14-47-30-7-8-32-28(22-30)26-53(44(32)57)37-10-11-39(54)49-43(37)56/h6-9,22-25,31,37,47-48H,5,10-21,26H2,1-3H3,(H,49,54,56). The third-order valence-electron chi connectivity index (χ3n) is 13.3. The van der Waals surface area contributed by atoms with Crippen LogP contribution in [0, 0.1) is 6.57 Å². The first-order valence-electron chi connectivity index (χ1n) is 20.5. The maximum absolute atomic E-state index is 14.1. The summed E-state index contributed by atoms with van der Waals surface area (Å²) in [5.74, 6) is -0.751. The summed E-state index contributed by atoms with van der Waals surface area (Å²) in [6, 6.07) is 15.8. The van der Waals surface area contributed by atoms with Crippen molar-refractivity contribution in [3.05, 3.63) is 99.0 Å². The van der Waals surface area contributed by atoms with Crippen molar-refractivity contribution >= 4 is 51.5 Å². The number of piperazine rings is 1. The van der Waals surface area contributed by atoms with E-state index in [2.05, 4.69) is 68.1 Å². The van der Waals surface area contributed by atoms with E-state index in [1.807, 2.05) is 30.3 Å². The summed E-state index contributed by atoms with van der Waals surface area (Å²) in [6.45, 7) is 22.3. The fraction of sp³-hybridized carbons (Fsp3) is 0.444. The molecule has 9 rings (SSSR count). The molecule has 4 aromatic rings. The molecule has 4 aliphatic heterocycles. The lowest BCUT2D eigenvalue weighted by Crippen LogP contribution is -2.53. The number of nitrogens with one attached hydrogen (secondary N) is 3. The number of hydrogen-bond donors (Lipinski definition) is 3. The van der Waals surface area contributed by atoms with Crippen LogP contribution in [0.15, 0.2) is 48.5 Å². The topological polar surface area (TPSA) is 125 Å². The van der Waals surface area contributed by atoms with Crippen LogP contribution in [0.1, 0.15) is 95.1 Å². The van der Waals surface area contributed by atoms with Crippen LogP contribution in [0.5, 0.6) is 0 Å². The zero-order valence-electron chi connectivity index (χ0n) is 33.0. The smallest absolute Gasteiger partial charge is 0.255 e. The average molecular weight is 767 g/mol. The lowest BCUT2D eigenvalue weighted by atomic mass is 9.70. The summed E-state index contributed by atoms with van der Waals surface area (Å²) in [6.07, 6.45) is 3.70. The summed E-state index contributed by atoms with van der Waals surface area (Å²) < 4.78 is 0. The Hall–Kier alpha value is -5.51. The lowest BCUT2D eigenvalue weighted by molar-refractivity contribution is -0.136. The van der Waals surface area contributed by atoms with Crippen molar-refractivity contribution in [1.82, 2.24) is 25.0 Å². The number of aryl methyl sites for hydroxylation is 1. The second-order valence-electron chi connectivity index (χ2n) is 16.8. The number of anilines is 2. The monoisotopic (exact) mass is 766 g/mol. The number of amides is 3. The molecule has 0 spiro atoms. The Balaban J connectivity index is 0.781. The summed E-state index contributed by atoms with van der Waals surface area (Å²) in [7, 11) is 0. The number of ketones is 1. The molecule has 5 heterocycles. The van der Waals surface area contributed by atoms with E-state index >= 15 is 0 Å². The summed E-state index contributed by atoms with van der Waals surface area (Å²) in [5.41, 5.74) is 9.54. The molecule has 0 saturated carbocycles. The predicted molar refractivity (Wildman–Crippen MR) is 220 cm³/mol. The van der Waals surface area contributed by atoms with Crippen LogP contribution >= 0.6 is 0 Å². The molecule has 294 valence electrons. The number of benzene rings is 3. The van der Waals surface area contributed by atoms with Gasteiger partial charge in [0.1, 0.15) is 6.04 Å². The van der Waals surface area contributed by atoms with Crippen LogP contribution in [0.25, 0.3) is 15.7 Å². The highest BCUT2D eigenvalue weighted by Gasteiger charge is 2.42. The molecule has 3 aromatic carbocycles. The van der Waals surface area contributed by atoms with E-state index in [1.165, 1.54) is 11.3 Å². The van der Waals surface area contributed by atoms with E-state index in [1.54, 1.807) is 11.0 Å². The number of H-pyrrole nitrogens is 1. The number of carbonyl (C=O) groups excluding carboxylic acids is 4. The molecule has 1 unspecified atom stereocenters. The van der Waals surface area contributed by atoms with Gasteiger partial charge in [-0.2, -0.15) is 0 Å². The molecule has 12 heteroatoms. The third-order valence-corrected chi connectivity index (χ3v) is 13.3. The maximum Gasteiger partial charge on any atom is 0.255 e. The molecule has 3 N–H and O–H groups in total. The van der Waals surface area contributed by atoms with Crippen LogP contribution < -0.4 is 15.5 Å². The van der Waals surface area contributed by atoms with E-state index in [9.17, 15) is 19.2 Å². The van der Waals surface area contributed by atoms with Crippen molar-refractivity contribution in [2.45, 2.75) is 76.9 Å². The van der Waals surface area contributed by atoms with Gasteiger partial charge in [-0.05, 0) is 78.8 Å². The molecule has 3 fully saturated rings. The van der Waals surface area contributed by atoms with Crippen molar-refractivity contribution in [2.24, 2.45) is 0 Å². The van der Waals surface area contributed by atoms with Gasteiger partial charge in [0.05, 0.1) is 12.1 Å². The second kappa shape index (κ2) is 14.5. The number of carbonyl (C=O) groups is 4. The van der Waals surface area contributed by atoms with Crippen LogP contribution in [0.4, 0.5) is 17.1 Å². The van der Waals surface area contributed by atoms with Crippen LogP contribution in [0.3, 0.4) is 0 Å². The molecular weight excluding hydrogens is 717 g/mol. The minimum Gasteiger partial charge on any atom is -0.384 e. The van der Waals surface area contributed by atoms with Gasteiger partial charge in [-0.3, -0.25) is 34.3 Å². The normalized spacial score (nSPS) is 21.3. The number of nitrogens with zero attached hydrogens (tertiary/aromatic N) is 5. The molecule has 1 aliphatic carbocycles. The first-order valence-corrected chi connectivity index (χ1v) is 20.5. The Morgan fingerprint density at radius 3 is 2.44 bits per heavy atom. The van der Waals surface area contributed by atoms with Gasteiger partial charge in [-0.25, -0.2) is 4.85 Å². The van der Waals surface area contributed by atoms with Crippen LogP contribution in [0.2, 0.25) is 0 Å². The SMILES string of the molecule is [C-]#[N+]c1ccc2c3c([nH]c2c1)C(C)(C)c1cc(N2CCC(N4CCN(CCNc5ccc6c(c5)CN(C5CCC(=O)NC5=O)C6=O)CC4)CC2)c(CC)cc1C3=O. The number of hydrogen-bond acceptors (Lipinski definition) is 8. The summed E-state index contributed by atoms with van der Waals surface area (Å²) in [4.78, 5) is 67.7. The molecule has 57 heavy (non-hydrogen) atoms. The largest absolute Gasteiger partial charge is 0.384 e. The van der Waals surface area contributed by atoms with Gasteiger partial charge in [-0.15, -0.1) is 0 Å². The highest BCUT2D eigenvalue weighted by Crippen LogP contribution is 2.46. The van der Waals surface area contributed by atoms with Gasteiger partial charge >= 0.3 is 0 Å². The number of piperidine rings is 2. The van der Waals surface area contributed by atoms with Crippen LogP contribution in [-0.2, 0) is 28.0 Å². The fourth-order valence-electron chi connectivity index (χ4n) is 10.0. The molecular formula is C45H50N8O4. The van der Waals surface area contributed by atoms with Crippen molar-refractivity contribution in [3.8, 4) is 0 Å². The van der Waals surface area contributed by atoms with E-state index in [0.717, 1.165) is 116 Å². The molecule has 1 aromatic heterocycles. The number of rotatable bonds is 8. The first-order chi connectivity index (χ1) is 27.5. The molecule has 0 bridgehead atoms. The fourth-order valence-corrected chi connectivity index (χ4v) is 10.0. The van der Waals surface area contributed by atoms with Gasteiger partial charge < -0.3 is 20.1 Å². The summed E-state index contributed by atoms with van der Waals surface area (Å²) >= 11 is 0. The number of aromatic nitrogens is 1. The average Bonchev–Trinajstić information content (AvgIpc) is 3.77. The second-order valence-corrected chi connectivity index (χ2v) is 16.8.